The smallest absolute Gasteiger partial charge is 0.195 e. The summed E-state index contributed by atoms with van der Waals surface area (Å²) in [5.74, 6) is 1.28. The van der Waals surface area contributed by atoms with Crippen LogP contribution in [0.2, 0.25) is 0 Å². The van der Waals surface area contributed by atoms with Gasteiger partial charge in [0.25, 0.3) is 0 Å². The first-order valence-corrected chi connectivity index (χ1v) is 10.2. The molecule has 3 nitrogen and oxygen atoms in total. The molecule has 0 fully saturated rings. The van der Waals surface area contributed by atoms with Crippen molar-refractivity contribution in [1.82, 2.24) is 9.97 Å². The van der Waals surface area contributed by atoms with Crippen molar-refractivity contribution >= 4 is 10.8 Å². The molecule has 4 rings (SSSR count). The second kappa shape index (κ2) is 9.80. The molecule has 0 N–H and O–H groups in total. The van der Waals surface area contributed by atoms with E-state index in [-0.39, 0.29) is 16.3 Å². The Morgan fingerprint density at radius 3 is 2.36 bits per heavy atom. The van der Waals surface area contributed by atoms with Crippen molar-refractivity contribution in [3.05, 3.63) is 94.8 Å². The number of nitrogens with zero attached hydrogens (tertiary/aromatic N) is 2. The maximum Gasteiger partial charge on any atom is 0.195 e. The van der Waals surface area contributed by atoms with Gasteiger partial charge >= 0.3 is 0 Å². The molecule has 4 aromatic rings. The maximum absolute atomic E-state index is 14.6. The Morgan fingerprint density at radius 1 is 0.848 bits per heavy atom. The SMILES string of the molecule is COCCCc1cnc(-c2ccc(C#Cc3ccc4c(F)c(F)c(F)cc4c3)c(F)c2)nc1. The van der Waals surface area contributed by atoms with E-state index in [4.69, 9.17) is 4.74 Å². The van der Waals surface area contributed by atoms with E-state index in [2.05, 4.69) is 21.8 Å². The third kappa shape index (κ3) is 5.02. The summed E-state index contributed by atoms with van der Waals surface area (Å²) in [5.41, 5.74) is 2.03. The van der Waals surface area contributed by atoms with Gasteiger partial charge in [0.2, 0.25) is 0 Å². The molecule has 0 aliphatic rings. The zero-order chi connectivity index (χ0) is 23.4. The topological polar surface area (TPSA) is 35.0 Å². The molecule has 0 atom stereocenters. The molecule has 166 valence electrons. The third-order valence-corrected chi connectivity index (χ3v) is 5.06. The van der Waals surface area contributed by atoms with Crippen LogP contribution in [0.4, 0.5) is 17.6 Å². The maximum atomic E-state index is 14.6. The highest BCUT2D eigenvalue weighted by molar-refractivity contribution is 5.84. The zero-order valence-corrected chi connectivity index (χ0v) is 17.6. The average molecular weight is 450 g/mol. The summed E-state index contributed by atoms with van der Waals surface area (Å²) >= 11 is 0. The Kier molecular flexibility index (Phi) is 6.66. The second-order valence-corrected chi connectivity index (χ2v) is 7.38. The van der Waals surface area contributed by atoms with Crippen molar-refractivity contribution in [3.8, 4) is 23.2 Å². The lowest BCUT2D eigenvalue weighted by molar-refractivity contribution is 0.195. The number of benzene rings is 3. The number of aryl methyl sites for hydroxylation is 1. The first-order valence-electron chi connectivity index (χ1n) is 10.2. The number of hydrogen-bond acceptors (Lipinski definition) is 3. The van der Waals surface area contributed by atoms with Gasteiger partial charge in [-0.15, -0.1) is 0 Å². The molecule has 0 saturated heterocycles. The van der Waals surface area contributed by atoms with Gasteiger partial charge in [0.1, 0.15) is 5.82 Å². The van der Waals surface area contributed by atoms with Crippen LogP contribution in [0.1, 0.15) is 23.1 Å². The van der Waals surface area contributed by atoms with Crippen LogP contribution >= 0.6 is 0 Å². The molecule has 0 saturated carbocycles. The van der Waals surface area contributed by atoms with Gasteiger partial charge in [0.15, 0.2) is 23.3 Å². The van der Waals surface area contributed by atoms with Crippen LogP contribution in [-0.4, -0.2) is 23.7 Å². The van der Waals surface area contributed by atoms with E-state index >= 15 is 0 Å². The summed E-state index contributed by atoms with van der Waals surface area (Å²) < 4.78 is 60.4. The van der Waals surface area contributed by atoms with Crippen molar-refractivity contribution in [2.75, 3.05) is 13.7 Å². The van der Waals surface area contributed by atoms with Crippen molar-refractivity contribution < 1.29 is 22.3 Å². The van der Waals surface area contributed by atoms with Gasteiger partial charge in [-0.2, -0.15) is 0 Å². The van der Waals surface area contributed by atoms with E-state index in [1.54, 1.807) is 25.6 Å². The van der Waals surface area contributed by atoms with Crippen LogP contribution in [0.3, 0.4) is 0 Å². The Hall–Kier alpha value is -3.76. The van der Waals surface area contributed by atoms with Crippen LogP contribution in [0.5, 0.6) is 0 Å². The predicted molar refractivity (Wildman–Crippen MR) is 117 cm³/mol. The highest BCUT2D eigenvalue weighted by Crippen LogP contribution is 2.24. The molecule has 0 aliphatic heterocycles. The molecule has 7 heteroatoms. The zero-order valence-electron chi connectivity index (χ0n) is 17.6. The van der Waals surface area contributed by atoms with Crippen molar-refractivity contribution in [2.24, 2.45) is 0 Å². The fraction of sp³-hybridized carbons (Fsp3) is 0.154. The molecular formula is C26H18F4N2O. The Bertz CT molecular complexity index is 1380. The van der Waals surface area contributed by atoms with Crippen molar-refractivity contribution in [1.29, 1.82) is 0 Å². The van der Waals surface area contributed by atoms with Crippen LogP contribution in [0, 0.1) is 35.1 Å². The molecule has 0 radical (unpaired) electrons. The number of hydrogen-bond donors (Lipinski definition) is 0. The van der Waals surface area contributed by atoms with E-state index in [0.29, 0.717) is 23.6 Å². The summed E-state index contributed by atoms with van der Waals surface area (Å²) in [6, 6.07) is 9.58. The summed E-state index contributed by atoms with van der Waals surface area (Å²) in [7, 11) is 1.65. The minimum absolute atomic E-state index is 0.0558. The van der Waals surface area contributed by atoms with Crippen molar-refractivity contribution in [2.45, 2.75) is 12.8 Å². The van der Waals surface area contributed by atoms with Gasteiger partial charge in [-0.3, -0.25) is 0 Å². The molecule has 0 bridgehead atoms. The molecule has 0 spiro atoms. The van der Waals surface area contributed by atoms with E-state index in [1.165, 1.54) is 30.3 Å². The van der Waals surface area contributed by atoms with Gasteiger partial charge in [0, 0.05) is 42.6 Å². The number of aromatic nitrogens is 2. The summed E-state index contributed by atoms with van der Waals surface area (Å²) in [5, 5.41) is 0.108. The van der Waals surface area contributed by atoms with E-state index in [1.807, 2.05) is 0 Å². The summed E-state index contributed by atoms with van der Waals surface area (Å²) in [6.07, 6.45) is 5.07. The predicted octanol–water partition coefficient (Wildman–Crippen LogP) is 5.83. The fourth-order valence-corrected chi connectivity index (χ4v) is 3.33. The highest BCUT2D eigenvalue weighted by Gasteiger charge is 2.13. The number of methoxy groups -OCH3 is 1. The Balaban J connectivity index is 1.54. The highest BCUT2D eigenvalue weighted by atomic mass is 19.2. The van der Waals surface area contributed by atoms with Crippen LogP contribution < -0.4 is 0 Å². The number of rotatable bonds is 5. The lowest BCUT2D eigenvalue weighted by Gasteiger charge is -2.04. The number of fused-ring (bicyclic) bond motifs is 1. The Labute approximate surface area is 188 Å². The number of ether oxygens (including phenoxy) is 1. The summed E-state index contributed by atoms with van der Waals surface area (Å²) in [4.78, 5) is 8.60. The van der Waals surface area contributed by atoms with Crippen molar-refractivity contribution in [3.63, 3.8) is 0 Å². The standard InChI is InChI=1S/C26H18F4N2O/c1-33-10-2-3-17-14-31-26(32-15-17)19-8-7-18(22(27)12-19)6-4-16-5-9-21-20(11-16)13-23(28)25(30)24(21)29/h5,7-9,11-15H,2-3,10H2,1H3. The van der Waals surface area contributed by atoms with Gasteiger partial charge in [0.05, 0.1) is 5.56 Å². The molecule has 0 unspecified atom stereocenters. The monoisotopic (exact) mass is 450 g/mol. The molecule has 33 heavy (non-hydrogen) atoms. The fourth-order valence-electron chi connectivity index (χ4n) is 3.33. The van der Waals surface area contributed by atoms with E-state index < -0.39 is 23.3 Å². The molecule has 1 aromatic heterocycles. The van der Waals surface area contributed by atoms with E-state index in [9.17, 15) is 17.6 Å². The molecule has 0 amide bonds. The Morgan fingerprint density at radius 2 is 1.64 bits per heavy atom. The van der Waals surface area contributed by atoms with Crippen LogP contribution in [0.15, 0.2) is 54.9 Å². The van der Waals surface area contributed by atoms with Gasteiger partial charge < -0.3 is 4.74 Å². The number of halogens is 4. The minimum Gasteiger partial charge on any atom is -0.385 e. The minimum atomic E-state index is -1.52. The first-order chi connectivity index (χ1) is 16.0. The first kappa shape index (κ1) is 22.4. The van der Waals surface area contributed by atoms with Gasteiger partial charge in [-0.1, -0.05) is 17.9 Å². The third-order valence-electron chi connectivity index (χ3n) is 5.06. The lowest BCUT2D eigenvalue weighted by atomic mass is 10.1. The van der Waals surface area contributed by atoms with E-state index in [0.717, 1.165) is 24.5 Å². The molecule has 0 aliphatic carbocycles. The molecule has 1 heterocycles. The van der Waals surface area contributed by atoms with Gasteiger partial charge in [-0.05, 0) is 60.2 Å². The largest absolute Gasteiger partial charge is 0.385 e. The molecule has 3 aromatic carbocycles. The average Bonchev–Trinajstić information content (AvgIpc) is 2.82. The quantitative estimate of drug-likeness (QED) is 0.166. The summed E-state index contributed by atoms with van der Waals surface area (Å²) in [6.45, 7) is 0.654. The van der Waals surface area contributed by atoms with Crippen LogP contribution in [-0.2, 0) is 11.2 Å². The van der Waals surface area contributed by atoms with Gasteiger partial charge in [-0.25, -0.2) is 27.5 Å². The lowest BCUT2D eigenvalue weighted by Crippen LogP contribution is -1.96. The molecular weight excluding hydrogens is 432 g/mol. The second-order valence-electron chi connectivity index (χ2n) is 7.38. The normalized spacial score (nSPS) is 10.8. The van der Waals surface area contributed by atoms with Crippen LogP contribution in [0.25, 0.3) is 22.2 Å².